The molecular weight excluding hydrogens is 264 g/mol. The van der Waals surface area contributed by atoms with Crippen molar-refractivity contribution in [3.05, 3.63) is 0 Å². The first-order valence-corrected chi connectivity index (χ1v) is 8.78. The van der Waals surface area contributed by atoms with Crippen LogP contribution in [0.5, 0.6) is 0 Å². The van der Waals surface area contributed by atoms with Gasteiger partial charge < -0.3 is 15.0 Å². The van der Waals surface area contributed by atoms with Crippen LogP contribution in [0.2, 0.25) is 0 Å². The summed E-state index contributed by atoms with van der Waals surface area (Å²) in [6.07, 6.45) is 9.75. The molecule has 2 aliphatic rings. The first-order valence-electron chi connectivity index (χ1n) is 8.78. The van der Waals surface area contributed by atoms with Gasteiger partial charge in [-0.1, -0.05) is 26.2 Å². The Labute approximate surface area is 129 Å². The van der Waals surface area contributed by atoms with Crippen molar-refractivity contribution in [2.24, 2.45) is 5.92 Å². The monoisotopic (exact) mass is 296 g/mol. The molecule has 0 amide bonds. The molecule has 2 atom stereocenters. The Balaban J connectivity index is 1.94. The highest BCUT2D eigenvalue weighted by atomic mass is 16.5. The molecule has 1 aliphatic carbocycles. The number of likely N-dealkylation sites (tertiary alicyclic amines) is 1. The van der Waals surface area contributed by atoms with Crippen molar-refractivity contribution in [2.45, 2.75) is 63.8 Å². The summed E-state index contributed by atoms with van der Waals surface area (Å²) < 4.78 is 5.12. The van der Waals surface area contributed by atoms with E-state index in [0.29, 0.717) is 5.92 Å². The number of hydrogen-bond acceptors (Lipinski definition) is 4. The van der Waals surface area contributed by atoms with Gasteiger partial charge in [-0.2, -0.15) is 0 Å². The molecule has 0 radical (unpaired) electrons. The number of nitrogens with one attached hydrogen (secondary N) is 1. The van der Waals surface area contributed by atoms with E-state index in [1.165, 1.54) is 45.9 Å². The lowest BCUT2D eigenvalue weighted by Crippen LogP contribution is -2.55. The topological polar surface area (TPSA) is 41.6 Å². The molecule has 2 fully saturated rings. The Kier molecular flexibility index (Phi) is 6.49. The van der Waals surface area contributed by atoms with E-state index < -0.39 is 5.54 Å². The molecule has 0 aromatic heterocycles. The van der Waals surface area contributed by atoms with Crippen LogP contribution in [0.4, 0.5) is 0 Å². The van der Waals surface area contributed by atoms with Gasteiger partial charge in [-0.15, -0.1) is 0 Å². The summed E-state index contributed by atoms with van der Waals surface area (Å²) in [5.74, 6) is 0.371. The Morgan fingerprint density at radius 1 is 1.24 bits per heavy atom. The molecule has 0 aromatic rings. The molecule has 1 N–H and O–H groups in total. The number of nitrogens with zero attached hydrogens (tertiary/aromatic N) is 1. The highest BCUT2D eigenvalue weighted by Crippen LogP contribution is 2.39. The maximum Gasteiger partial charge on any atom is 0.326 e. The molecule has 21 heavy (non-hydrogen) atoms. The van der Waals surface area contributed by atoms with Crippen LogP contribution in [0.1, 0.15) is 58.3 Å². The zero-order chi connectivity index (χ0) is 15.1. The van der Waals surface area contributed by atoms with Gasteiger partial charge in [0.25, 0.3) is 0 Å². The molecule has 122 valence electrons. The lowest BCUT2D eigenvalue weighted by molar-refractivity contribution is -0.150. The number of likely N-dealkylation sites (N-methyl/N-ethyl adjacent to an activating group) is 1. The zero-order valence-corrected chi connectivity index (χ0v) is 13.8. The highest BCUT2D eigenvalue weighted by Gasteiger charge is 2.49. The number of esters is 1. The fourth-order valence-corrected chi connectivity index (χ4v) is 4.24. The van der Waals surface area contributed by atoms with E-state index in [1.807, 2.05) is 0 Å². The molecule has 4 nitrogen and oxygen atoms in total. The first-order chi connectivity index (χ1) is 10.2. The second kappa shape index (κ2) is 8.14. The van der Waals surface area contributed by atoms with Crippen LogP contribution in [0.25, 0.3) is 0 Å². The molecular formula is C17H32N2O2. The maximum absolute atomic E-state index is 12.3. The summed E-state index contributed by atoms with van der Waals surface area (Å²) in [5.41, 5.74) is -0.421. The van der Waals surface area contributed by atoms with Gasteiger partial charge in [-0.05, 0) is 64.2 Å². The van der Waals surface area contributed by atoms with Crippen molar-refractivity contribution in [3.63, 3.8) is 0 Å². The number of carbonyl (C=O) groups is 1. The predicted molar refractivity (Wildman–Crippen MR) is 85.3 cm³/mol. The molecule has 1 heterocycles. The van der Waals surface area contributed by atoms with Crippen LogP contribution in [0.15, 0.2) is 0 Å². The number of rotatable bonds is 6. The van der Waals surface area contributed by atoms with Gasteiger partial charge in [0.15, 0.2) is 0 Å². The van der Waals surface area contributed by atoms with Gasteiger partial charge in [0.1, 0.15) is 5.54 Å². The van der Waals surface area contributed by atoms with E-state index >= 15 is 0 Å². The molecule has 0 aromatic carbocycles. The number of ether oxygens (including phenoxy) is 1. The fourth-order valence-electron chi connectivity index (χ4n) is 4.24. The smallest absolute Gasteiger partial charge is 0.326 e. The third-order valence-corrected chi connectivity index (χ3v) is 5.35. The Morgan fingerprint density at radius 3 is 2.57 bits per heavy atom. The lowest BCUT2D eigenvalue weighted by Gasteiger charge is -2.34. The molecule has 0 bridgehead atoms. The van der Waals surface area contributed by atoms with Crippen LogP contribution < -0.4 is 5.32 Å². The standard InChI is InChI=1S/C17H32N2O2/c1-3-18-17(16(20)21-2)11-8-9-15(17)10-14-19-12-6-4-5-7-13-19/h15,18H,3-14H2,1-2H3. The molecule has 2 rings (SSSR count). The van der Waals surface area contributed by atoms with Gasteiger partial charge in [0, 0.05) is 0 Å². The van der Waals surface area contributed by atoms with Gasteiger partial charge in [0.05, 0.1) is 7.11 Å². The first kappa shape index (κ1) is 16.8. The van der Waals surface area contributed by atoms with Crippen LogP contribution >= 0.6 is 0 Å². The summed E-state index contributed by atoms with van der Waals surface area (Å²) in [7, 11) is 1.52. The summed E-state index contributed by atoms with van der Waals surface area (Å²) in [4.78, 5) is 14.9. The van der Waals surface area contributed by atoms with Crippen LogP contribution in [-0.2, 0) is 9.53 Å². The van der Waals surface area contributed by atoms with E-state index in [2.05, 4.69) is 17.1 Å². The predicted octanol–water partition coefficient (Wildman–Crippen LogP) is 2.57. The number of hydrogen-bond donors (Lipinski definition) is 1. The fraction of sp³-hybridized carbons (Fsp3) is 0.941. The zero-order valence-electron chi connectivity index (χ0n) is 13.8. The lowest BCUT2D eigenvalue weighted by atomic mass is 9.84. The van der Waals surface area contributed by atoms with Crippen molar-refractivity contribution in [1.82, 2.24) is 10.2 Å². The minimum atomic E-state index is -0.421. The van der Waals surface area contributed by atoms with Crippen molar-refractivity contribution in [2.75, 3.05) is 33.3 Å². The van der Waals surface area contributed by atoms with E-state index in [9.17, 15) is 4.79 Å². The summed E-state index contributed by atoms with van der Waals surface area (Å²) >= 11 is 0. The molecule has 4 heteroatoms. The average Bonchev–Trinajstić information content (AvgIpc) is 2.73. The van der Waals surface area contributed by atoms with Gasteiger partial charge in [-0.25, -0.2) is 0 Å². The molecule has 0 spiro atoms. The van der Waals surface area contributed by atoms with Crippen LogP contribution in [0, 0.1) is 5.92 Å². The van der Waals surface area contributed by atoms with E-state index in [1.54, 1.807) is 0 Å². The summed E-state index contributed by atoms with van der Waals surface area (Å²) in [6, 6.07) is 0. The Hall–Kier alpha value is -0.610. The summed E-state index contributed by atoms with van der Waals surface area (Å²) in [6.45, 7) is 6.51. The molecule has 2 unspecified atom stereocenters. The second-order valence-corrected chi connectivity index (χ2v) is 6.63. The Morgan fingerprint density at radius 2 is 1.95 bits per heavy atom. The average molecular weight is 296 g/mol. The van der Waals surface area contributed by atoms with Crippen molar-refractivity contribution >= 4 is 5.97 Å². The van der Waals surface area contributed by atoms with Crippen molar-refractivity contribution < 1.29 is 9.53 Å². The van der Waals surface area contributed by atoms with E-state index in [4.69, 9.17) is 4.74 Å². The number of carbonyl (C=O) groups excluding carboxylic acids is 1. The van der Waals surface area contributed by atoms with Crippen LogP contribution in [-0.4, -0.2) is 49.7 Å². The third kappa shape index (κ3) is 3.98. The van der Waals surface area contributed by atoms with E-state index in [-0.39, 0.29) is 5.97 Å². The largest absolute Gasteiger partial charge is 0.468 e. The SMILES string of the molecule is CCNC1(C(=O)OC)CCCC1CCN1CCCCCC1. The minimum absolute atomic E-state index is 0.0530. The van der Waals surface area contributed by atoms with E-state index in [0.717, 1.165) is 38.8 Å². The Bertz CT molecular complexity index is 327. The second-order valence-electron chi connectivity index (χ2n) is 6.63. The van der Waals surface area contributed by atoms with Crippen LogP contribution in [0.3, 0.4) is 0 Å². The summed E-state index contributed by atoms with van der Waals surface area (Å²) in [5, 5.41) is 3.47. The van der Waals surface area contributed by atoms with Gasteiger partial charge >= 0.3 is 5.97 Å². The van der Waals surface area contributed by atoms with Crippen molar-refractivity contribution in [1.29, 1.82) is 0 Å². The minimum Gasteiger partial charge on any atom is -0.468 e. The highest BCUT2D eigenvalue weighted by molar-refractivity contribution is 5.81. The van der Waals surface area contributed by atoms with Gasteiger partial charge in [-0.3, -0.25) is 4.79 Å². The van der Waals surface area contributed by atoms with Crippen molar-refractivity contribution in [3.8, 4) is 0 Å². The van der Waals surface area contributed by atoms with Gasteiger partial charge in [0.2, 0.25) is 0 Å². The third-order valence-electron chi connectivity index (χ3n) is 5.35. The molecule has 1 aliphatic heterocycles. The normalized spacial score (nSPS) is 31.0. The quantitative estimate of drug-likeness (QED) is 0.765. The molecule has 1 saturated heterocycles. The number of methoxy groups -OCH3 is 1. The maximum atomic E-state index is 12.3. The molecule has 1 saturated carbocycles.